The van der Waals surface area contributed by atoms with Crippen LogP contribution in [0.4, 0.5) is 0 Å². The number of hydrogen-bond donors (Lipinski definition) is 1. The molecule has 1 spiro atoms. The lowest BCUT2D eigenvalue weighted by molar-refractivity contribution is -0.156. The molecular formula is C28H44N2O6. The first kappa shape index (κ1) is 28.4. The van der Waals surface area contributed by atoms with Gasteiger partial charge in [-0.3, -0.25) is 14.4 Å². The van der Waals surface area contributed by atoms with Gasteiger partial charge in [0.15, 0.2) is 0 Å². The van der Waals surface area contributed by atoms with Crippen LogP contribution in [0.3, 0.4) is 0 Å². The number of hydrogen-bond acceptors (Lipinski definition) is 6. The maximum absolute atomic E-state index is 14.2. The molecule has 202 valence electrons. The lowest BCUT2D eigenvalue weighted by atomic mass is 9.70. The zero-order chi connectivity index (χ0) is 26.5. The van der Waals surface area contributed by atoms with Gasteiger partial charge in [0, 0.05) is 13.1 Å². The number of amides is 2. The number of esters is 1. The van der Waals surface area contributed by atoms with Crippen LogP contribution in [0.1, 0.15) is 65.7 Å². The third-order valence-corrected chi connectivity index (χ3v) is 7.85. The van der Waals surface area contributed by atoms with Crippen LogP contribution in [0, 0.1) is 17.8 Å². The van der Waals surface area contributed by atoms with E-state index in [1.807, 2.05) is 13.8 Å². The second-order valence-corrected chi connectivity index (χ2v) is 10.8. The standard InChI is InChI=1S/C28H44N2O6/c1-6-9-11-15-29(14-8-3)26(33)24-28-13-12-21(36-28)22(27(34)35-16-10-7-2)23(28)25(32)30(24)20(18-31)17-19(4)5/h7-8,19-24,31H,2-3,6,9-18H2,1,4-5H3/t20-,21+,22-,23+,24?,28?/m1/s1. The Labute approximate surface area is 215 Å². The highest BCUT2D eigenvalue weighted by Crippen LogP contribution is 2.59. The van der Waals surface area contributed by atoms with Gasteiger partial charge in [-0.05, 0) is 38.0 Å². The fraction of sp³-hybridized carbons (Fsp3) is 0.750. The van der Waals surface area contributed by atoms with Crippen molar-refractivity contribution in [1.29, 1.82) is 0 Å². The Balaban J connectivity index is 2.01. The van der Waals surface area contributed by atoms with E-state index in [0.717, 1.165) is 19.3 Å². The van der Waals surface area contributed by atoms with E-state index < -0.39 is 41.6 Å². The van der Waals surface area contributed by atoms with Crippen molar-refractivity contribution in [3.63, 3.8) is 0 Å². The summed E-state index contributed by atoms with van der Waals surface area (Å²) in [5.74, 6) is -2.26. The highest BCUT2D eigenvalue weighted by atomic mass is 16.6. The molecule has 0 aromatic rings. The molecule has 3 aliphatic rings. The quantitative estimate of drug-likeness (QED) is 0.209. The molecule has 0 aromatic carbocycles. The van der Waals surface area contributed by atoms with E-state index in [4.69, 9.17) is 9.47 Å². The number of rotatable bonds is 15. The summed E-state index contributed by atoms with van der Waals surface area (Å²) in [6, 6.07) is -1.42. The minimum absolute atomic E-state index is 0.189. The summed E-state index contributed by atoms with van der Waals surface area (Å²) in [7, 11) is 0. The number of fused-ring (bicyclic) bond motifs is 1. The number of carbonyl (C=O) groups is 3. The van der Waals surface area contributed by atoms with E-state index in [-0.39, 0.29) is 30.9 Å². The topological polar surface area (TPSA) is 96.4 Å². The van der Waals surface area contributed by atoms with Gasteiger partial charge in [-0.15, -0.1) is 13.2 Å². The first-order chi connectivity index (χ1) is 17.3. The summed E-state index contributed by atoms with van der Waals surface area (Å²) in [6.07, 6.45) is 7.98. The molecule has 36 heavy (non-hydrogen) atoms. The molecule has 3 heterocycles. The van der Waals surface area contributed by atoms with Gasteiger partial charge >= 0.3 is 5.97 Å². The van der Waals surface area contributed by atoms with Crippen molar-refractivity contribution in [1.82, 2.24) is 9.80 Å². The van der Waals surface area contributed by atoms with Crippen molar-refractivity contribution in [2.75, 3.05) is 26.3 Å². The Morgan fingerprint density at radius 3 is 2.67 bits per heavy atom. The van der Waals surface area contributed by atoms with Crippen molar-refractivity contribution in [2.24, 2.45) is 17.8 Å². The fourth-order valence-electron chi connectivity index (χ4n) is 6.36. The van der Waals surface area contributed by atoms with Crippen LogP contribution in [-0.2, 0) is 23.9 Å². The minimum atomic E-state index is -1.09. The zero-order valence-electron chi connectivity index (χ0n) is 22.2. The van der Waals surface area contributed by atoms with Gasteiger partial charge in [-0.1, -0.05) is 45.8 Å². The fourth-order valence-corrected chi connectivity index (χ4v) is 6.36. The first-order valence-corrected chi connectivity index (χ1v) is 13.5. The third-order valence-electron chi connectivity index (χ3n) is 7.85. The lowest BCUT2D eigenvalue weighted by Gasteiger charge is -2.39. The Bertz CT molecular complexity index is 829. The molecule has 6 atom stereocenters. The molecule has 3 fully saturated rings. The minimum Gasteiger partial charge on any atom is -0.465 e. The SMILES string of the molecule is C=CCCOC(=O)[C@@H]1[C@@H]2CCC3(O2)C(C(=O)N(CC=C)CCCCC)N([C@@H](CO)CC(C)C)C(=O)[C@H]13. The molecule has 0 saturated carbocycles. The molecule has 2 bridgehead atoms. The monoisotopic (exact) mass is 504 g/mol. The van der Waals surface area contributed by atoms with Crippen molar-refractivity contribution in [3.05, 3.63) is 25.3 Å². The van der Waals surface area contributed by atoms with Crippen LogP contribution >= 0.6 is 0 Å². The number of aliphatic hydroxyl groups is 1. The van der Waals surface area contributed by atoms with Crippen molar-refractivity contribution >= 4 is 17.8 Å². The van der Waals surface area contributed by atoms with E-state index in [0.29, 0.717) is 38.8 Å². The van der Waals surface area contributed by atoms with Crippen molar-refractivity contribution < 1.29 is 29.0 Å². The van der Waals surface area contributed by atoms with E-state index in [1.54, 1.807) is 22.0 Å². The van der Waals surface area contributed by atoms with Crippen LogP contribution in [0.15, 0.2) is 25.3 Å². The Hall–Kier alpha value is -2.19. The number of nitrogens with zero attached hydrogens (tertiary/aromatic N) is 2. The Kier molecular flexibility index (Phi) is 9.75. The molecular weight excluding hydrogens is 460 g/mol. The maximum Gasteiger partial charge on any atom is 0.312 e. The van der Waals surface area contributed by atoms with Crippen LogP contribution in [-0.4, -0.2) is 82.8 Å². The summed E-state index contributed by atoms with van der Waals surface area (Å²) < 4.78 is 12.0. The third kappa shape index (κ3) is 5.25. The molecule has 2 amide bonds. The Morgan fingerprint density at radius 1 is 1.31 bits per heavy atom. The number of ether oxygens (including phenoxy) is 2. The highest BCUT2D eigenvalue weighted by Gasteiger charge is 2.75. The van der Waals surface area contributed by atoms with Gasteiger partial charge in [0.1, 0.15) is 11.6 Å². The van der Waals surface area contributed by atoms with E-state index in [1.165, 1.54) is 0 Å². The van der Waals surface area contributed by atoms with Crippen molar-refractivity contribution in [3.8, 4) is 0 Å². The summed E-state index contributed by atoms with van der Waals surface area (Å²) >= 11 is 0. The number of unbranched alkanes of at least 4 members (excludes halogenated alkanes) is 2. The number of carbonyl (C=O) groups excluding carboxylic acids is 3. The molecule has 0 radical (unpaired) electrons. The molecule has 8 nitrogen and oxygen atoms in total. The number of likely N-dealkylation sites (tertiary alicyclic amines) is 1. The molecule has 3 saturated heterocycles. The first-order valence-electron chi connectivity index (χ1n) is 13.5. The smallest absolute Gasteiger partial charge is 0.312 e. The van der Waals surface area contributed by atoms with E-state index >= 15 is 0 Å². The van der Waals surface area contributed by atoms with E-state index in [2.05, 4.69) is 20.1 Å². The van der Waals surface area contributed by atoms with E-state index in [9.17, 15) is 19.5 Å². The molecule has 0 aromatic heterocycles. The van der Waals surface area contributed by atoms with Gasteiger partial charge in [0.2, 0.25) is 11.8 Å². The van der Waals surface area contributed by atoms with Crippen LogP contribution in [0.25, 0.3) is 0 Å². The molecule has 1 N–H and O–H groups in total. The molecule has 0 aliphatic carbocycles. The van der Waals surface area contributed by atoms with Crippen molar-refractivity contribution in [2.45, 2.75) is 89.5 Å². The molecule has 3 rings (SSSR count). The largest absolute Gasteiger partial charge is 0.465 e. The number of aliphatic hydroxyl groups excluding tert-OH is 1. The Morgan fingerprint density at radius 2 is 2.06 bits per heavy atom. The predicted molar refractivity (Wildman–Crippen MR) is 137 cm³/mol. The summed E-state index contributed by atoms with van der Waals surface area (Å²) in [5.41, 5.74) is -1.09. The average molecular weight is 505 g/mol. The molecule has 2 unspecified atom stereocenters. The van der Waals surface area contributed by atoms with Crippen LogP contribution in [0.5, 0.6) is 0 Å². The highest BCUT2D eigenvalue weighted by molar-refractivity contribution is 5.98. The molecule has 3 aliphatic heterocycles. The van der Waals surface area contributed by atoms with Gasteiger partial charge in [-0.25, -0.2) is 0 Å². The predicted octanol–water partition coefficient (Wildman–Crippen LogP) is 3.09. The van der Waals surface area contributed by atoms with Gasteiger partial charge in [0.25, 0.3) is 0 Å². The normalized spacial score (nSPS) is 29.4. The van der Waals surface area contributed by atoms with Crippen LogP contribution < -0.4 is 0 Å². The summed E-state index contributed by atoms with van der Waals surface area (Å²) in [5, 5.41) is 10.3. The second-order valence-electron chi connectivity index (χ2n) is 10.8. The summed E-state index contributed by atoms with van der Waals surface area (Å²) in [4.78, 5) is 44.7. The second kappa shape index (κ2) is 12.4. The van der Waals surface area contributed by atoms with Gasteiger partial charge in [0.05, 0.1) is 37.2 Å². The summed E-state index contributed by atoms with van der Waals surface area (Å²) in [6.45, 7) is 14.5. The average Bonchev–Trinajstić information content (AvgIpc) is 3.49. The zero-order valence-corrected chi connectivity index (χ0v) is 22.2. The lowest BCUT2D eigenvalue weighted by Crippen LogP contribution is -2.59. The van der Waals surface area contributed by atoms with Gasteiger partial charge in [-0.2, -0.15) is 0 Å². The molecule has 8 heteroatoms. The van der Waals surface area contributed by atoms with Crippen LogP contribution in [0.2, 0.25) is 0 Å². The maximum atomic E-state index is 14.2. The van der Waals surface area contributed by atoms with Gasteiger partial charge < -0.3 is 24.4 Å².